The van der Waals surface area contributed by atoms with Crippen molar-refractivity contribution in [3.63, 3.8) is 0 Å². The molecular weight excluding hydrogens is 218 g/mol. The molecule has 1 atom stereocenters. The second-order valence-electron chi connectivity index (χ2n) is 4.12. The van der Waals surface area contributed by atoms with Crippen LogP contribution in [0.25, 0.3) is 0 Å². The van der Waals surface area contributed by atoms with Crippen LogP contribution in [0.3, 0.4) is 0 Å². The second kappa shape index (κ2) is 6.94. The van der Waals surface area contributed by atoms with E-state index in [2.05, 4.69) is 38.1 Å². The Morgan fingerprint density at radius 1 is 1.25 bits per heavy atom. The molecule has 0 radical (unpaired) electrons. The molecule has 1 aromatic rings. The summed E-state index contributed by atoms with van der Waals surface area (Å²) in [6.45, 7) is 5.72. The average Bonchev–Trinajstić information content (AvgIpc) is 2.26. The molecule has 0 bridgehead atoms. The van der Waals surface area contributed by atoms with Crippen molar-refractivity contribution in [1.82, 2.24) is 0 Å². The van der Waals surface area contributed by atoms with Crippen LogP contribution >= 0.6 is 11.8 Å². The highest BCUT2D eigenvalue weighted by atomic mass is 32.2. The molecule has 1 aromatic carbocycles. The van der Waals surface area contributed by atoms with Crippen molar-refractivity contribution in [2.75, 3.05) is 20.3 Å². The smallest absolute Gasteiger partial charge is 0.0543 e. The summed E-state index contributed by atoms with van der Waals surface area (Å²) < 4.78 is 5.16. The SMILES string of the molecule is COCC(CN)c1ccc(SC(C)C)cc1. The van der Waals surface area contributed by atoms with E-state index in [0.29, 0.717) is 24.3 Å². The third-order valence-corrected chi connectivity index (χ3v) is 3.39. The molecule has 0 aliphatic carbocycles. The molecule has 0 heterocycles. The first-order chi connectivity index (χ1) is 7.67. The summed E-state index contributed by atoms with van der Waals surface area (Å²) in [6.07, 6.45) is 0. The fraction of sp³-hybridized carbons (Fsp3) is 0.538. The number of benzene rings is 1. The second-order valence-corrected chi connectivity index (χ2v) is 5.77. The fourth-order valence-electron chi connectivity index (χ4n) is 1.59. The Morgan fingerprint density at radius 3 is 2.31 bits per heavy atom. The van der Waals surface area contributed by atoms with Crippen LogP contribution in [0.15, 0.2) is 29.2 Å². The van der Waals surface area contributed by atoms with E-state index in [4.69, 9.17) is 10.5 Å². The van der Waals surface area contributed by atoms with Gasteiger partial charge in [-0.3, -0.25) is 0 Å². The van der Waals surface area contributed by atoms with Gasteiger partial charge in [0, 0.05) is 29.7 Å². The van der Waals surface area contributed by atoms with E-state index in [1.165, 1.54) is 10.5 Å². The lowest BCUT2D eigenvalue weighted by molar-refractivity contribution is 0.181. The largest absolute Gasteiger partial charge is 0.384 e. The van der Waals surface area contributed by atoms with Crippen molar-refractivity contribution >= 4 is 11.8 Å². The molecule has 90 valence electrons. The lowest BCUT2D eigenvalue weighted by Gasteiger charge is -2.14. The number of thioether (sulfide) groups is 1. The molecular formula is C13H21NOS. The molecule has 3 heteroatoms. The molecule has 0 saturated carbocycles. The number of nitrogens with two attached hydrogens (primary N) is 1. The van der Waals surface area contributed by atoms with Crippen molar-refractivity contribution in [3.05, 3.63) is 29.8 Å². The number of ether oxygens (including phenoxy) is 1. The zero-order valence-electron chi connectivity index (χ0n) is 10.3. The summed E-state index contributed by atoms with van der Waals surface area (Å²) in [5.74, 6) is 0.308. The number of hydrogen-bond acceptors (Lipinski definition) is 3. The van der Waals surface area contributed by atoms with E-state index in [9.17, 15) is 0 Å². The number of methoxy groups -OCH3 is 1. The molecule has 0 saturated heterocycles. The van der Waals surface area contributed by atoms with Crippen LogP contribution in [0, 0.1) is 0 Å². The predicted octanol–water partition coefficient (Wildman–Crippen LogP) is 2.88. The summed E-state index contributed by atoms with van der Waals surface area (Å²) in [4.78, 5) is 1.31. The van der Waals surface area contributed by atoms with Gasteiger partial charge in [0.05, 0.1) is 6.61 Å². The van der Waals surface area contributed by atoms with Gasteiger partial charge in [-0.1, -0.05) is 26.0 Å². The van der Waals surface area contributed by atoms with Crippen molar-refractivity contribution in [1.29, 1.82) is 0 Å². The van der Waals surface area contributed by atoms with Crippen LogP contribution in [0.4, 0.5) is 0 Å². The van der Waals surface area contributed by atoms with Crippen LogP contribution in [-0.4, -0.2) is 25.5 Å². The first kappa shape index (κ1) is 13.6. The van der Waals surface area contributed by atoms with Crippen LogP contribution in [0.5, 0.6) is 0 Å². The first-order valence-corrected chi connectivity index (χ1v) is 6.51. The Kier molecular flexibility index (Phi) is 5.88. The van der Waals surface area contributed by atoms with Crippen molar-refractivity contribution in [2.45, 2.75) is 29.9 Å². The summed E-state index contributed by atoms with van der Waals surface area (Å²) >= 11 is 1.88. The van der Waals surface area contributed by atoms with Crippen LogP contribution in [0.1, 0.15) is 25.3 Å². The van der Waals surface area contributed by atoms with E-state index in [1.807, 2.05) is 11.8 Å². The maximum Gasteiger partial charge on any atom is 0.0543 e. The molecule has 0 aliphatic heterocycles. The van der Waals surface area contributed by atoms with E-state index in [1.54, 1.807) is 7.11 Å². The Bertz CT molecular complexity index is 297. The summed E-state index contributed by atoms with van der Waals surface area (Å²) in [5.41, 5.74) is 6.99. The Balaban J connectivity index is 2.69. The van der Waals surface area contributed by atoms with Gasteiger partial charge in [0.15, 0.2) is 0 Å². The molecule has 0 fully saturated rings. The maximum absolute atomic E-state index is 5.72. The Hall–Kier alpha value is -0.510. The summed E-state index contributed by atoms with van der Waals surface area (Å²) in [6, 6.07) is 8.64. The lowest BCUT2D eigenvalue weighted by atomic mass is 10.0. The third kappa shape index (κ3) is 4.16. The summed E-state index contributed by atoms with van der Waals surface area (Å²) in [7, 11) is 1.71. The fourth-order valence-corrected chi connectivity index (χ4v) is 2.43. The van der Waals surface area contributed by atoms with Crippen molar-refractivity contribution in [3.8, 4) is 0 Å². The van der Waals surface area contributed by atoms with Crippen molar-refractivity contribution in [2.24, 2.45) is 5.73 Å². The van der Waals surface area contributed by atoms with Gasteiger partial charge in [0.25, 0.3) is 0 Å². The number of rotatable bonds is 6. The minimum atomic E-state index is 0.308. The third-order valence-electron chi connectivity index (χ3n) is 2.38. The van der Waals surface area contributed by atoms with Gasteiger partial charge < -0.3 is 10.5 Å². The van der Waals surface area contributed by atoms with Gasteiger partial charge in [0.1, 0.15) is 0 Å². The van der Waals surface area contributed by atoms with Gasteiger partial charge in [-0.05, 0) is 17.7 Å². The molecule has 1 unspecified atom stereocenters. The molecule has 0 aliphatic rings. The minimum Gasteiger partial charge on any atom is -0.384 e. The van der Waals surface area contributed by atoms with Gasteiger partial charge in [-0.15, -0.1) is 11.8 Å². The Morgan fingerprint density at radius 2 is 1.88 bits per heavy atom. The molecule has 0 spiro atoms. The van der Waals surface area contributed by atoms with E-state index in [0.717, 1.165) is 0 Å². The van der Waals surface area contributed by atoms with Crippen LogP contribution in [-0.2, 0) is 4.74 Å². The topological polar surface area (TPSA) is 35.2 Å². The van der Waals surface area contributed by atoms with Gasteiger partial charge in [0.2, 0.25) is 0 Å². The van der Waals surface area contributed by atoms with Crippen molar-refractivity contribution < 1.29 is 4.74 Å². The lowest BCUT2D eigenvalue weighted by Crippen LogP contribution is -2.17. The zero-order valence-corrected chi connectivity index (χ0v) is 11.1. The Labute approximate surface area is 103 Å². The highest BCUT2D eigenvalue weighted by Gasteiger charge is 2.09. The predicted molar refractivity (Wildman–Crippen MR) is 71.1 cm³/mol. The van der Waals surface area contributed by atoms with E-state index < -0.39 is 0 Å². The highest BCUT2D eigenvalue weighted by molar-refractivity contribution is 7.99. The van der Waals surface area contributed by atoms with Gasteiger partial charge in [-0.25, -0.2) is 0 Å². The molecule has 0 amide bonds. The van der Waals surface area contributed by atoms with E-state index in [-0.39, 0.29) is 0 Å². The van der Waals surface area contributed by atoms with Crippen LogP contribution in [0.2, 0.25) is 0 Å². The molecule has 2 N–H and O–H groups in total. The standard InChI is InChI=1S/C13H21NOS/c1-10(2)16-13-6-4-11(5-7-13)12(8-14)9-15-3/h4-7,10,12H,8-9,14H2,1-3H3. The van der Waals surface area contributed by atoms with Crippen LogP contribution < -0.4 is 5.73 Å². The average molecular weight is 239 g/mol. The monoisotopic (exact) mass is 239 g/mol. The minimum absolute atomic E-state index is 0.308. The van der Waals surface area contributed by atoms with Gasteiger partial charge >= 0.3 is 0 Å². The molecule has 0 aromatic heterocycles. The maximum atomic E-state index is 5.72. The molecule has 1 rings (SSSR count). The number of hydrogen-bond donors (Lipinski definition) is 1. The van der Waals surface area contributed by atoms with Gasteiger partial charge in [-0.2, -0.15) is 0 Å². The highest BCUT2D eigenvalue weighted by Crippen LogP contribution is 2.25. The molecule has 2 nitrogen and oxygen atoms in total. The normalized spacial score (nSPS) is 13.1. The zero-order chi connectivity index (χ0) is 12.0. The first-order valence-electron chi connectivity index (χ1n) is 5.63. The van der Waals surface area contributed by atoms with E-state index >= 15 is 0 Å². The quantitative estimate of drug-likeness (QED) is 0.775. The summed E-state index contributed by atoms with van der Waals surface area (Å²) in [5, 5.41) is 0.620. The molecule has 16 heavy (non-hydrogen) atoms.